The van der Waals surface area contributed by atoms with E-state index in [9.17, 15) is 9.59 Å². The normalized spacial score (nSPS) is 11.5. The summed E-state index contributed by atoms with van der Waals surface area (Å²) in [6.45, 7) is 11.0. The Labute approximate surface area is 182 Å². The Kier molecular flexibility index (Phi) is 6.24. The first-order chi connectivity index (χ1) is 14.5. The molecule has 0 atom stereocenters. The maximum atomic E-state index is 12.3. The van der Waals surface area contributed by atoms with Gasteiger partial charge in [0.2, 0.25) is 0 Å². The molecule has 3 aromatic rings. The van der Waals surface area contributed by atoms with Crippen molar-refractivity contribution in [2.75, 3.05) is 5.32 Å². The molecule has 0 saturated carbocycles. The van der Waals surface area contributed by atoms with Gasteiger partial charge in [0.1, 0.15) is 5.60 Å². The van der Waals surface area contributed by atoms with Gasteiger partial charge >= 0.3 is 6.09 Å². The van der Waals surface area contributed by atoms with E-state index >= 15 is 0 Å². The molecule has 7 heteroatoms. The van der Waals surface area contributed by atoms with Crippen LogP contribution in [0.4, 0.5) is 10.5 Å². The van der Waals surface area contributed by atoms with Gasteiger partial charge in [-0.2, -0.15) is 5.10 Å². The summed E-state index contributed by atoms with van der Waals surface area (Å²) in [7, 11) is 0. The van der Waals surface area contributed by atoms with Gasteiger partial charge in [0.25, 0.3) is 5.56 Å². The second-order valence-corrected chi connectivity index (χ2v) is 8.61. The molecule has 0 saturated heterocycles. The number of carbonyl (C=O) groups is 1. The number of aromatic nitrogens is 3. The molecule has 0 aliphatic heterocycles. The molecule has 0 radical (unpaired) electrons. The quantitative estimate of drug-likeness (QED) is 0.626. The number of carbonyl (C=O) groups excluding carboxylic acids is 1. The summed E-state index contributed by atoms with van der Waals surface area (Å²) in [6.07, 6.45) is -0.559. The van der Waals surface area contributed by atoms with Gasteiger partial charge in [-0.3, -0.25) is 15.1 Å². The number of amides is 1. The molecule has 1 amide bonds. The van der Waals surface area contributed by atoms with E-state index < -0.39 is 11.7 Å². The number of benzene rings is 1. The highest BCUT2D eigenvalue weighted by Gasteiger charge is 2.20. The van der Waals surface area contributed by atoms with Crippen molar-refractivity contribution >= 4 is 11.8 Å². The molecule has 0 fully saturated rings. The van der Waals surface area contributed by atoms with E-state index in [1.165, 1.54) is 10.7 Å². The number of rotatable bonds is 4. The third kappa shape index (κ3) is 5.36. The van der Waals surface area contributed by atoms with E-state index in [2.05, 4.69) is 10.4 Å². The second kappa shape index (κ2) is 8.71. The smallest absolute Gasteiger partial charge is 0.412 e. The number of nitrogens with zero attached hydrogens (tertiary/aromatic N) is 3. The van der Waals surface area contributed by atoms with E-state index in [1.54, 1.807) is 26.8 Å². The van der Waals surface area contributed by atoms with Crippen molar-refractivity contribution in [3.05, 3.63) is 64.6 Å². The Hall–Kier alpha value is -3.48. The summed E-state index contributed by atoms with van der Waals surface area (Å²) in [5, 5.41) is 7.34. The van der Waals surface area contributed by atoms with E-state index in [4.69, 9.17) is 9.72 Å². The standard InChI is InChI=1S/C24H28N4O3/c1-15(2)28-21(29)13-12-19(27-28)18-14-20(26-23(30)31-24(4,5)6)16(3)25-22(18)17-10-8-7-9-11-17/h7-15H,1-6H3,(H,26,30). The van der Waals surface area contributed by atoms with Crippen LogP contribution in [0.2, 0.25) is 0 Å². The van der Waals surface area contributed by atoms with Crippen LogP contribution in [-0.4, -0.2) is 26.5 Å². The third-order valence-corrected chi connectivity index (χ3v) is 4.49. The van der Waals surface area contributed by atoms with Gasteiger partial charge in [-0.25, -0.2) is 9.48 Å². The number of hydrogen-bond acceptors (Lipinski definition) is 5. The number of ether oxygens (including phenoxy) is 1. The molecule has 1 N–H and O–H groups in total. The fourth-order valence-electron chi connectivity index (χ4n) is 3.10. The molecule has 7 nitrogen and oxygen atoms in total. The van der Waals surface area contributed by atoms with Crippen molar-refractivity contribution in [3.8, 4) is 22.5 Å². The molecule has 3 rings (SSSR count). The molecule has 31 heavy (non-hydrogen) atoms. The molecule has 0 bridgehead atoms. The van der Waals surface area contributed by atoms with Crippen molar-refractivity contribution in [2.24, 2.45) is 0 Å². The number of nitrogens with one attached hydrogen (secondary N) is 1. The number of pyridine rings is 1. The monoisotopic (exact) mass is 420 g/mol. The first kappa shape index (κ1) is 22.2. The molecule has 0 aliphatic rings. The summed E-state index contributed by atoms with van der Waals surface area (Å²) < 4.78 is 6.82. The average Bonchev–Trinajstić information content (AvgIpc) is 2.68. The molecule has 2 heterocycles. The van der Waals surface area contributed by atoms with E-state index in [0.717, 1.165) is 5.56 Å². The van der Waals surface area contributed by atoms with Crippen LogP contribution in [0.3, 0.4) is 0 Å². The fraction of sp³-hybridized carbons (Fsp3) is 0.333. The lowest BCUT2D eigenvalue weighted by atomic mass is 10.0. The number of aryl methyl sites for hydroxylation is 1. The Morgan fingerprint density at radius 1 is 1.10 bits per heavy atom. The molecule has 1 aromatic carbocycles. The lowest BCUT2D eigenvalue weighted by Crippen LogP contribution is -2.27. The van der Waals surface area contributed by atoms with Gasteiger partial charge in [-0.15, -0.1) is 0 Å². The van der Waals surface area contributed by atoms with Crippen LogP contribution in [0, 0.1) is 6.92 Å². The molecule has 0 aliphatic carbocycles. The summed E-state index contributed by atoms with van der Waals surface area (Å²) in [6, 6.07) is 14.6. The van der Waals surface area contributed by atoms with Crippen LogP contribution in [-0.2, 0) is 4.74 Å². The maximum Gasteiger partial charge on any atom is 0.412 e. The lowest BCUT2D eigenvalue weighted by Gasteiger charge is -2.21. The van der Waals surface area contributed by atoms with Gasteiger partial charge in [-0.05, 0) is 53.7 Å². The van der Waals surface area contributed by atoms with Crippen molar-refractivity contribution in [1.29, 1.82) is 0 Å². The van der Waals surface area contributed by atoms with Crippen LogP contribution in [0.1, 0.15) is 46.4 Å². The van der Waals surface area contributed by atoms with Crippen molar-refractivity contribution in [1.82, 2.24) is 14.8 Å². The minimum Gasteiger partial charge on any atom is -0.444 e. The first-order valence-electron chi connectivity index (χ1n) is 10.2. The lowest BCUT2D eigenvalue weighted by molar-refractivity contribution is 0.0635. The first-order valence-corrected chi connectivity index (χ1v) is 10.2. The largest absolute Gasteiger partial charge is 0.444 e. The highest BCUT2D eigenvalue weighted by Crippen LogP contribution is 2.33. The van der Waals surface area contributed by atoms with Gasteiger partial charge in [0.05, 0.1) is 28.8 Å². The Morgan fingerprint density at radius 3 is 2.39 bits per heavy atom. The van der Waals surface area contributed by atoms with Gasteiger partial charge in [0.15, 0.2) is 0 Å². The zero-order chi connectivity index (χ0) is 22.8. The zero-order valence-corrected chi connectivity index (χ0v) is 18.8. The van der Waals surface area contributed by atoms with Gasteiger partial charge in [0, 0.05) is 17.2 Å². The molecule has 2 aromatic heterocycles. The Balaban J connectivity index is 2.16. The third-order valence-electron chi connectivity index (χ3n) is 4.49. The zero-order valence-electron chi connectivity index (χ0n) is 18.8. The molecular formula is C24H28N4O3. The van der Waals surface area contributed by atoms with Gasteiger partial charge in [-0.1, -0.05) is 30.3 Å². The predicted molar refractivity (Wildman–Crippen MR) is 122 cm³/mol. The summed E-state index contributed by atoms with van der Waals surface area (Å²) >= 11 is 0. The van der Waals surface area contributed by atoms with E-state index in [-0.39, 0.29) is 11.6 Å². The van der Waals surface area contributed by atoms with Crippen molar-refractivity contribution in [3.63, 3.8) is 0 Å². The van der Waals surface area contributed by atoms with Crippen LogP contribution in [0.5, 0.6) is 0 Å². The molecule has 0 unspecified atom stereocenters. The predicted octanol–water partition coefficient (Wildman–Crippen LogP) is 5.21. The summed E-state index contributed by atoms with van der Waals surface area (Å²) in [5.74, 6) is 0. The molecule has 0 spiro atoms. The number of hydrogen-bond donors (Lipinski definition) is 1. The number of anilines is 1. The second-order valence-electron chi connectivity index (χ2n) is 8.61. The Morgan fingerprint density at radius 2 is 1.77 bits per heavy atom. The SMILES string of the molecule is Cc1nc(-c2ccccc2)c(-c2ccc(=O)n(C(C)C)n2)cc1NC(=O)OC(C)(C)C. The molecule has 162 valence electrons. The van der Waals surface area contributed by atoms with E-state index in [0.29, 0.717) is 28.3 Å². The van der Waals surface area contributed by atoms with Crippen molar-refractivity contribution in [2.45, 2.75) is 53.2 Å². The average molecular weight is 421 g/mol. The van der Waals surface area contributed by atoms with Crippen molar-refractivity contribution < 1.29 is 9.53 Å². The topological polar surface area (TPSA) is 86.1 Å². The highest BCUT2D eigenvalue weighted by atomic mass is 16.6. The summed E-state index contributed by atoms with van der Waals surface area (Å²) in [5.41, 5.74) is 3.30. The molecular weight excluding hydrogens is 392 g/mol. The fourth-order valence-corrected chi connectivity index (χ4v) is 3.10. The summed E-state index contributed by atoms with van der Waals surface area (Å²) in [4.78, 5) is 29.3. The van der Waals surface area contributed by atoms with Gasteiger partial charge < -0.3 is 4.74 Å². The Bertz CT molecular complexity index is 1150. The van der Waals surface area contributed by atoms with E-state index in [1.807, 2.05) is 57.2 Å². The minimum atomic E-state index is -0.619. The van der Waals surface area contributed by atoms with Crippen LogP contribution >= 0.6 is 0 Å². The van der Waals surface area contributed by atoms with Crippen LogP contribution in [0.15, 0.2) is 53.3 Å². The minimum absolute atomic E-state index is 0.0922. The van der Waals surface area contributed by atoms with Crippen LogP contribution < -0.4 is 10.9 Å². The highest BCUT2D eigenvalue weighted by molar-refractivity contribution is 5.89. The van der Waals surface area contributed by atoms with Crippen LogP contribution in [0.25, 0.3) is 22.5 Å². The maximum absolute atomic E-state index is 12.3.